The van der Waals surface area contributed by atoms with Gasteiger partial charge < -0.3 is 4.74 Å². The number of hydrogen-bond acceptors (Lipinski definition) is 1. The van der Waals surface area contributed by atoms with Gasteiger partial charge >= 0.3 is 6.18 Å². The van der Waals surface area contributed by atoms with Crippen LogP contribution in [0.15, 0.2) is 6.07 Å². The fourth-order valence-corrected chi connectivity index (χ4v) is 3.11. The van der Waals surface area contributed by atoms with Crippen molar-refractivity contribution in [1.29, 1.82) is 0 Å². The Bertz CT molecular complexity index is 443. The van der Waals surface area contributed by atoms with Crippen LogP contribution in [0.1, 0.15) is 39.1 Å². The first-order valence-electron chi connectivity index (χ1n) is 6.49. The molecule has 1 aromatic rings. The van der Waals surface area contributed by atoms with Crippen LogP contribution in [-0.2, 0) is 4.74 Å². The Hall–Kier alpha value is -0.550. The van der Waals surface area contributed by atoms with Crippen molar-refractivity contribution in [3.8, 4) is 0 Å². The van der Waals surface area contributed by atoms with Gasteiger partial charge in [-0.05, 0) is 61.9 Å². The third-order valence-electron chi connectivity index (χ3n) is 3.52. The summed E-state index contributed by atoms with van der Waals surface area (Å²) in [4.78, 5) is 0.00864. The largest absolute Gasteiger partial charge is 0.411 e. The summed E-state index contributed by atoms with van der Waals surface area (Å²) in [5.41, 5.74) is 5.93. The molecule has 0 heterocycles. The molecule has 1 nitrogen and oxygen atoms in total. The molecule has 0 radical (unpaired) electrons. The lowest BCUT2D eigenvalue weighted by atomic mass is 9.91. The van der Waals surface area contributed by atoms with E-state index < -0.39 is 12.8 Å². The van der Waals surface area contributed by atoms with Crippen molar-refractivity contribution in [2.24, 2.45) is 0 Å². The van der Waals surface area contributed by atoms with Gasteiger partial charge in [-0.2, -0.15) is 13.2 Å². The summed E-state index contributed by atoms with van der Waals surface area (Å²) >= 11 is 3.58. The van der Waals surface area contributed by atoms with E-state index in [9.17, 15) is 13.2 Å². The predicted octanol–water partition coefficient (Wildman–Crippen LogP) is 5.33. The molecule has 0 N–H and O–H groups in total. The lowest BCUT2D eigenvalue weighted by Gasteiger charge is -2.20. The highest BCUT2D eigenvalue weighted by atomic mass is 79.9. The van der Waals surface area contributed by atoms with Crippen LogP contribution in [0.5, 0.6) is 0 Å². The normalized spacial score (nSPS) is 13.6. The molecule has 0 saturated carbocycles. The first-order chi connectivity index (χ1) is 9.13. The summed E-state index contributed by atoms with van der Waals surface area (Å²) in [6.45, 7) is 7.08. The van der Waals surface area contributed by atoms with Gasteiger partial charge in [0.05, 0.1) is 0 Å². The van der Waals surface area contributed by atoms with Crippen LogP contribution in [0.3, 0.4) is 0 Å². The number of alkyl halides is 4. The minimum Gasteiger partial charge on any atom is -0.372 e. The summed E-state index contributed by atoms with van der Waals surface area (Å²) in [6.07, 6.45) is -3.74. The van der Waals surface area contributed by atoms with Crippen molar-refractivity contribution < 1.29 is 17.9 Å². The molecule has 5 heteroatoms. The maximum absolute atomic E-state index is 12.0. The van der Waals surface area contributed by atoms with Crippen LogP contribution in [0.4, 0.5) is 13.2 Å². The molecule has 0 bridgehead atoms. The first kappa shape index (κ1) is 17.5. The Balaban J connectivity index is 2.71. The maximum atomic E-state index is 12.0. The third-order valence-corrected chi connectivity index (χ3v) is 4.43. The molecule has 0 aliphatic carbocycles. The molecule has 1 atom stereocenters. The van der Waals surface area contributed by atoms with E-state index in [1.54, 1.807) is 0 Å². The molecule has 0 aliphatic heterocycles. The van der Waals surface area contributed by atoms with E-state index in [-0.39, 0.29) is 11.4 Å². The van der Waals surface area contributed by atoms with E-state index in [0.717, 1.165) is 5.56 Å². The molecule has 1 aromatic carbocycles. The summed E-state index contributed by atoms with van der Waals surface area (Å²) in [7, 11) is 0. The Morgan fingerprint density at radius 2 is 1.60 bits per heavy atom. The molecular weight excluding hydrogens is 333 g/mol. The number of aryl methyl sites for hydroxylation is 2. The summed E-state index contributed by atoms with van der Waals surface area (Å²) in [5.74, 6) is 0. The monoisotopic (exact) mass is 352 g/mol. The Labute approximate surface area is 126 Å². The van der Waals surface area contributed by atoms with Crippen molar-refractivity contribution in [2.75, 3.05) is 13.2 Å². The predicted molar refractivity (Wildman–Crippen MR) is 78.5 cm³/mol. The fourth-order valence-electron chi connectivity index (χ4n) is 2.24. The molecule has 0 fully saturated rings. The molecule has 1 rings (SSSR count). The Kier molecular flexibility index (Phi) is 6.07. The molecule has 0 amide bonds. The average molecular weight is 353 g/mol. The van der Waals surface area contributed by atoms with Crippen molar-refractivity contribution in [2.45, 2.75) is 45.1 Å². The number of benzene rings is 1. The SMILES string of the molecule is Cc1cc(C)c(C)c(C(Br)CCOCC(F)(F)F)c1C. The van der Waals surface area contributed by atoms with Crippen molar-refractivity contribution >= 4 is 15.9 Å². The van der Waals surface area contributed by atoms with Gasteiger partial charge in [-0.3, -0.25) is 0 Å². The highest BCUT2D eigenvalue weighted by molar-refractivity contribution is 9.09. The van der Waals surface area contributed by atoms with Gasteiger partial charge in [-0.15, -0.1) is 0 Å². The topological polar surface area (TPSA) is 9.23 Å². The molecular formula is C15H20BrF3O. The Morgan fingerprint density at radius 3 is 2.05 bits per heavy atom. The van der Waals surface area contributed by atoms with Crippen molar-refractivity contribution in [3.63, 3.8) is 0 Å². The van der Waals surface area contributed by atoms with E-state index in [1.165, 1.54) is 22.3 Å². The van der Waals surface area contributed by atoms with Gasteiger partial charge in [0.2, 0.25) is 0 Å². The molecule has 0 aromatic heterocycles. The lowest BCUT2D eigenvalue weighted by molar-refractivity contribution is -0.174. The van der Waals surface area contributed by atoms with Gasteiger partial charge in [0.15, 0.2) is 0 Å². The fraction of sp³-hybridized carbons (Fsp3) is 0.600. The van der Waals surface area contributed by atoms with Crippen LogP contribution in [0, 0.1) is 27.7 Å². The number of hydrogen-bond donors (Lipinski definition) is 0. The van der Waals surface area contributed by atoms with Crippen LogP contribution < -0.4 is 0 Å². The zero-order valence-corrected chi connectivity index (χ0v) is 13.8. The van der Waals surface area contributed by atoms with E-state index in [4.69, 9.17) is 0 Å². The molecule has 0 spiro atoms. The molecule has 114 valence electrons. The second kappa shape index (κ2) is 6.94. The quantitative estimate of drug-likeness (QED) is 0.514. The summed E-state index contributed by atoms with van der Waals surface area (Å²) < 4.78 is 40.7. The van der Waals surface area contributed by atoms with Gasteiger partial charge in [0, 0.05) is 11.4 Å². The lowest BCUT2D eigenvalue weighted by Crippen LogP contribution is -2.17. The standard InChI is InChI=1S/C15H20BrF3O/c1-9-7-10(2)12(4)14(11(9)3)13(16)5-6-20-8-15(17,18)19/h7,13H,5-6,8H2,1-4H3. The molecule has 0 saturated heterocycles. The van der Waals surface area contributed by atoms with Gasteiger partial charge in [0.1, 0.15) is 6.61 Å². The highest BCUT2D eigenvalue weighted by Crippen LogP contribution is 2.34. The minimum absolute atomic E-state index is 0.00864. The van der Waals surface area contributed by atoms with Crippen LogP contribution in [0.25, 0.3) is 0 Å². The number of rotatable bonds is 5. The van der Waals surface area contributed by atoms with E-state index in [2.05, 4.69) is 26.7 Å². The van der Waals surface area contributed by atoms with Crippen molar-refractivity contribution in [1.82, 2.24) is 0 Å². The van der Waals surface area contributed by atoms with Crippen LogP contribution in [-0.4, -0.2) is 19.4 Å². The summed E-state index contributed by atoms with van der Waals surface area (Å²) in [5, 5.41) is 0. The first-order valence-corrected chi connectivity index (χ1v) is 7.41. The zero-order valence-electron chi connectivity index (χ0n) is 12.2. The van der Waals surface area contributed by atoms with Crippen LogP contribution >= 0.6 is 15.9 Å². The van der Waals surface area contributed by atoms with Crippen molar-refractivity contribution in [3.05, 3.63) is 33.9 Å². The summed E-state index contributed by atoms with van der Waals surface area (Å²) in [6, 6.07) is 2.13. The second-order valence-electron chi connectivity index (χ2n) is 5.10. The van der Waals surface area contributed by atoms with E-state index in [1.807, 2.05) is 27.7 Å². The Morgan fingerprint density at radius 1 is 1.10 bits per heavy atom. The number of ether oxygens (including phenoxy) is 1. The number of halogens is 4. The second-order valence-corrected chi connectivity index (χ2v) is 6.20. The molecule has 1 unspecified atom stereocenters. The molecule has 0 aliphatic rings. The van der Waals surface area contributed by atoms with Crippen LogP contribution in [0.2, 0.25) is 0 Å². The smallest absolute Gasteiger partial charge is 0.372 e. The van der Waals surface area contributed by atoms with E-state index in [0.29, 0.717) is 6.42 Å². The average Bonchev–Trinajstić information content (AvgIpc) is 2.31. The van der Waals surface area contributed by atoms with Gasteiger partial charge in [0.25, 0.3) is 0 Å². The van der Waals surface area contributed by atoms with Gasteiger partial charge in [-0.25, -0.2) is 0 Å². The van der Waals surface area contributed by atoms with Gasteiger partial charge in [-0.1, -0.05) is 22.0 Å². The van der Waals surface area contributed by atoms with E-state index >= 15 is 0 Å². The molecule has 20 heavy (non-hydrogen) atoms. The minimum atomic E-state index is -4.26. The third kappa shape index (κ3) is 4.77. The highest BCUT2D eigenvalue weighted by Gasteiger charge is 2.27. The maximum Gasteiger partial charge on any atom is 0.411 e. The zero-order chi connectivity index (χ0) is 15.5.